The van der Waals surface area contributed by atoms with E-state index >= 15 is 0 Å². The second-order valence-corrected chi connectivity index (χ2v) is 5.97. The molecule has 0 aliphatic heterocycles. The van der Waals surface area contributed by atoms with Crippen LogP contribution in [0.2, 0.25) is 0 Å². The highest BCUT2D eigenvalue weighted by atomic mass is 16.4. The lowest BCUT2D eigenvalue weighted by molar-refractivity contribution is -0.141. The van der Waals surface area contributed by atoms with Gasteiger partial charge in [-0.1, -0.05) is 45.9 Å². The van der Waals surface area contributed by atoms with Crippen LogP contribution in [-0.4, -0.2) is 11.1 Å². The molecule has 0 bridgehead atoms. The monoisotopic (exact) mass is 264 g/mol. The van der Waals surface area contributed by atoms with E-state index in [0.29, 0.717) is 0 Å². The number of rotatable bonds is 2. The van der Waals surface area contributed by atoms with Gasteiger partial charge in [-0.3, -0.25) is 4.79 Å². The quantitative estimate of drug-likeness (QED) is 0.786. The molecule has 0 amide bonds. The summed E-state index contributed by atoms with van der Waals surface area (Å²) in [6, 6.07) is 0. The van der Waals surface area contributed by atoms with Gasteiger partial charge in [0.15, 0.2) is 0 Å². The van der Waals surface area contributed by atoms with Crippen molar-refractivity contribution >= 4 is 5.97 Å². The summed E-state index contributed by atoms with van der Waals surface area (Å²) in [7, 11) is 0. The zero-order chi connectivity index (χ0) is 14.4. The number of aliphatic carboxylic acids is 1. The molecule has 4 unspecified atom stereocenters. The zero-order valence-electron chi connectivity index (χ0n) is 12.7. The van der Waals surface area contributed by atoms with Crippen LogP contribution in [0.25, 0.3) is 0 Å². The Morgan fingerprint density at radius 2 is 2.16 bits per heavy atom. The summed E-state index contributed by atoms with van der Waals surface area (Å²) in [5.41, 5.74) is 1.62. The number of carboxylic acid groups (broad SMARTS) is 1. The van der Waals surface area contributed by atoms with Crippen LogP contribution in [0.15, 0.2) is 23.8 Å². The lowest BCUT2D eigenvalue weighted by Crippen LogP contribution is -2.24. The first-order chi connectivity index (χ1) is 8.97. The SMILES string of the molecule is CC1C=CC2=CCCCC2C1C.CCC(C)C(=O)O. The molecule has 2 nitrogen and oxygen atoms in total. The van der Waals surface area contributed by atoms with Gasteiger partial charge in [0, 0.05) is 0 Å². The van der Waals surface area contributed by atoms with E-state index in [1.807, 2.05) is 6.92 Å². The van der Waals surface area contributed by atoms with Crippen molar-refractivity contribution in [3.05, 3.63) is 23.8 Å². The maximum absolute atomic E-state index is 9.93. The van der Waals surface area contributed by atoms with Crippen LogP contribution in [0, 0.1) is 23.7 Å². The maximum atomic E-state index is 9.93. The molecule has 0 heterocycles. The third-order valence-corrected chi connectivity index (χ3v) is 4.62. The summed E-state index contributed by atoms with van der Waals surface area (Å²) in [6.07, 6.45) is 12.0. The number of hydrogen-bond acceptors (Lipinski definition) is 1. The molecule has 0 aromatic rings. The van der Waals surface area contributed by atoms with Gasteiger partial charge in [0.25, 0.3) is 0 Å². The smallest absolute Gasteiger partial charge is 0.306 e. The second-order valence-electron chi connectivity index (χ2n) is 5.97. The van der Waals surface area contributed by atoms with E-state index in [2.05, 4.69) is 32.1 Å². The Morgan fingerprint density at radius 1 is 1.47 bits per heavy atom. The van der Waals surface area contributed by atoms with Crippen LogP contribution < -0.4 is 0 Å². The predicted molar refractivity (Wildman–Crippen MR) is 80.0 cm³/mol. The van der Waals surface area contributed by atoms with Crippen molar-refractivity contribution in [3.8, 4) is 0 Å². The Kier molecular flexibility index (Phi) is 6.33. The molecule has 1 N–H and O–H groups in total. The van der Waals surface area contributed by atoms with Gasteiger partial charge in [-0.15, -0.1) is 0 Å². The average Bonchev–Trinajstić information content (AvgIpc) is 2.43. The summed E-state index contributed by atoms with van der Waals surface area (Å²) in [5.74, 6) is 1.63. The van der Waals surface area contributed by atoms with Crippen LogP contribution >= 0.6 is 0 Å². The number of carbonyl (C=O) groups is 1. The Balaban J connectivity index is 0.000000224. The number of hydrogen-bond donors (Lipinski definition) is 1. The van der Waals surface area contributed by atoms with Crippen molar-refractivity contribution in [2.24, 2.45) is 23.7 Å². The van der Waals surface area contributed by atoms with Gasteiger partial charge < -0.3 is 5.11 Å². The topological polar surface area (TPSA) is 37.3 Å². The molecule has 2 rings (SSSR count). The van der Waals surface area contributed by atoms with E-state index < -0.39 is 5.97 Å². The summed E-state index contributed by atoms with van der Waals surface area (Å²) in [6.45, 7) is 8.30. The van der Waals surface area contributed by atoms with Gasteiger partial charge in [0.2, 0.25) is 0 Å². The molecule has 0 spiro atoms. The van der Waals surface area contributed by atoms with Crippen LogP contribution in [0.3, 0.4) is 0 Å². The highest BCUT2D eigenvalue weighted by Gasteiger charge is 2.28. The first-order valence-electron chi connectivity index (χ1n) is 7.58. The van der Waals surface area contributed by atoms with Gasteiger partial charge in [-0.2, -0.15) is 0 Å². The Morgan fingerprint density at radius 3 is 2.68 bits per heavy atom. The Hall–Kier alpha value is -1.05. The fourth-order valence-electron chi connectivity index (χ4n) is 2.66. The van der Waals surface area contributed by atoms with Crippen molar-refractivity contribution in [2.45, 2.75) is 53.4 Å². The highest BCUT2D eigenvalue weighted by Crippen LogP contribution is 2.39. The molecular weight excluding hydrogens is 236 g/mol. The summed E-state index contributed by atoms with van der Waals surface area (Å²) < 4.78 is 0. The highest BCUT2D eigenvalue weighted by molar-refractivity contribution is 5.69. The van der Waals surface area contributed by atoms with Gasteiger partial charge in [-0.25, -0.2) is 0 Å². The molecule has 4 atom stereocenters. The van der Waals surface area contributed by atoms with Crippen LogP contribution in [-0.2, 0) is 4.79 Å². The number of fused-ring (bicyclic) bond motifs is 1. The average molecular weight is 264 g/mol. The van der Waals surface area contributed by atoms with E-state index in [4.69, 9.17) is 5.11 Å². The Labute approximate surface area is 117 Å². The van der Waals surface area contributed by atoms with Gasteiger partial charge in [0.1, 0.15) is 0 Å². The normalized spacial score (nSPS) is 30.5. The maximum Gasteiger partial charge on any atom is 0.306 e. The van der Waals surface area contributed by atoms with E-state index in [1.54, 1.807) is 12.5 Å². The largest absolute Gasteiger partial charge is 0.481 e. The van der Waals surface area contributed by atoms with E-state index in [9.17, 15) is 4.79 Å². The molecule has 0 radical (unpaired) electrons. The third kappa shape index (κ3) is 4.52. The zero-order valence-corrected chi connectivity index (χ0v) is 12.7. The fourth-order valence-corrected chi connectivity index (χ4v) is 2.66. The molecule has 2 aliphatic carbocycles. The van der Waals surface area contributed by atoms with E-state index in [0.717, 1.165) is 24.2 Å². The molecule has 0 fully saturated rings. The number of allylic oxidation sites excluding steroid dienone is 4. The second kappa shape index (κ2) is 7.52. The lowest BCUT2D eigenvalue weighted by Gasteiger charge is -2.34. The third-order valence-electron chi connectivity index (χ3n) is 4.62. The summed E-state index contributed by atoms with van der Waals surface area (Å²) in [5, 5.41) is 8.18. The van der Waals surface area contributed by atoms with Crippen LogP contribution in [0.4, 0.5) is 0 Å². The van der Waals surface area contributed by atoms with Crippen molar-refractivity contribution < 1.29 is 9.90 Å². The van der Waals surface area contributed by atoms with Gasteiger partial charge in [0.05, 0.1) is 5.92 Å². The van der Waals surface area contributed by atoms with Crippen molar-refractivity contribution in [1.29, 1.82) is 0 Å². The van der Waals surface area contributed by atoms with Gasteiger partial charge in [-0.05, 0) is 49.0 Å². The molecule has 2 aliphatic rings. The molecule has 0 aromatic heterocycles. The van der Waals surface area contributed by atoms with Crippen molar-refractivity contribution in [2.75, 3.05) is 0 Å². The summed E-state index contributed by atoms with van der Waals surface area (Å²) >= 11 is 0. The van der Waals surface area contributed by atoms with E-state index in [-0.39, 0.29) is 5.92 Å². The molecule has 19 heavy (non-hydrogen) atoms. The molecule has 0 saturated carbocycles. The minimum atomic E-state index is -0.706. The Bertz CT molecular complexity index is 354. The van der Waals surface area contributed by atoms with Gasteiger partial charge >= 0.3 is 5.97 Å². The molecule has 0 saturated heterocycles. The number of carboxylic acids is 1. The first-order valence-corrected chi connectivity index (χ1v) is 7.58. The van der Waals surface area contributed by atoms with Crippen molar-refractivity contribution in [3.63, 3.8) is 0 Å². The minimum absolute atomic E-state index is 0.181. The standard InChI is InChI=1S/C12H18.C5H10O2/c1-9-7-8-11-5-3-4-6-12(11)10(9)2;1-3-4(2)5(6)7/h5,7-10,12H,3-4,6H2,1-2H3;4H,3H2,1-2H3,(H,6,7). The predicted octanol–water partition coefficient (Wildman–Crippen LogP) is 4.67. The molecule has 0 aromatic carbocycles. The van der Waals surface area contributed by atoms with Crippen LogP contribution in [0.5, 0.6) is 0 Å². The fraction of sp³-hybridized carbons (Fsp3) is 0.706. The van der Waals surface area contributed by atoms with Crippen molar-refractivity contribution in [1.82, 2.24) is 0 Å². The first kappa shape index (κ1) is 16.0. The molecule has 108 valence electrons. The molecular formula is C17H28O2. The summed E-state index contributed by atoms with van der Waals surface area (Å²) in [4.78, 5) is 9.93. The lowest BCUT2D eigenvalue weighted by atomic mass is 9.71. The van der Waals surface area contributed by atoms with Crippen LogP contribution in [0.1, 0.15) is 53.4 Å². The molecule has 2 heteroatoms. The van der Waals surface area contributed by atoms with E-state index in [1.165, 1.54) is 19.3 Å². The minimum Gasteiger partial charge on any atom is -0.481 e.